The monoisotopic (exact) mass is 444 g/mol. The summed E-state index contributed by atoms with van der Waals surface area (Å²) in [6.45, 7) is 0.648. The summed E-state index contributed by atoms with van der Waals surface area (Å²) >= 11 is 3.34. The molecule has 0 aliphatic carbocycles. The number of rotatable bonds is 10. The first kappa shape index (κ1) is 21.4. The van der Waals surface area contributed by atoms with Gasteiger partial charge in [-0.3, -0.25) is 0 Å². The maximum atomic E-state index is 12.8. The molecule has 0 atom stereocenters. The molecule has 1 aliphatic heterocycles. The molecule has 2 N–H and O–H groups in total. The predicted octanol–water partition coefficient (Wildman–Crippen LogP) is 3.71. The van der Waals surface area contributed by atoms with Gasteiger partial charge in [0.25, 0.3) is 0 Å². The number of thiazole rings is 1. The Morgan fingerprint density at radius 2 is 2.17 bits per heavy atom. The van der Waals surface area contributed by atoms with Crippen LogP contribution in [-0.2, 0) is 6.54 Å². The van der Waals surface area contributed by atoms with Gasteiger partial charge in [-0.1, -0.05) is 11.8 Å². The maximum absolute atomic E-state index is 12.8. The van der Waals surface area contributed by atoms with Crippen LogP contribution >= 0.6 is 23.1 Å². The van der Waals surface area contributed by atoms with E-state index in [1.54, 1.807) is 35.4 Å². The molecule has 0 fully saturated rings. The largest absolute Gasteiger partial charge is 0.454 e. The Hall–Kier alpha value is -2.27. The Bertz CT molecular complexity index is 807. The van der Waals surface area contributed by atoms with E-state index < -0.39 is 6.61 Å². The van der Waals surface area contributed by atoms with E-state index in [1.165, 1.54) is 6.07 Å². The van der Waals surface area contributed by atoms with E-state index in [1.807, 2.05) is 12.3 Å². The number of nitrogens with one attached hydrogen (secondary N) is 2. The summed E-state index contributed by atoms with van der Waals surface area (Å²) in [4.78, 5) is 8.72. The van der Waals surface area contributed by atoms with Crippen LogP contribution < -0.4 is 24.8 Å². The summed E-state index contributed by atoms with van der Waals surface area (Å²) in [6, 6.07) is 3.04. The molecule has 0 spiro atoms. The van der Waals surface area contributed by atoms with Crippen LogP contribution in [0.5, 0.6) is 17.2 Å². The lowest BCUT2D eigenvalue weighted by molar-refractivity contribution is -0.0505. The van der Waals surface area contributed by atoms with Crippen molar-refractivity contribution < 1.29 is 23.0 Å². The number of thioether (sulfide) groups is 1. The zero-order valence-corrected chi connectivity index (χ0v) is 17.5. The second-order valence-corrected chi connectivity index (χ2v) is 8.05. The van der Waals surface area contributed by atoms with Gasteiger partial charge in [0.15, 0.2) is 17.5 Å². The van der Waals surface area contributed by atoms with Crippen LogP contribution in [0.25, 0.3) is 0 Å². The smallest absolute Gasteiger partial charge is 0.387 e. The molecule has 7 nitrogen and oxygen atoms in total. The molecule has 1 aliphatic rings. The second kappa shape index (κ2) is 11.1. The molecule has 0 unspecified atom stereocenters. The fourth-order valence-corrected chi connectivity index (χ4v) is 4.17. The van der Waals surface area contributed by atoms with Crippen molar-refractivity contribution in [2.45, 2.75) is 30.8 Å². The van der Waals surface area contributed by atoms with Crippen LogP contribution in [-0.4, -0.2) is 43.2 Å². The van der Waals surface area contributed by atoms with E-state index in [0.29, 0.717) is 29.6 Å². The summed E-state index contributed by atoms with van der Waals surface area (Å²) in [5, 5.41) is 8.35. The van der Waals surface area contributed by atoms with Crippen LogP contribution in [0, 0.1) is 0 Å². The van der Waals surface area contributed by atoms with Gasteiger partial charge in [0.05, 0.1) is 6.54 Å². The van der Waals surface area contributed by atoms with Crippen molar-refractivity contribution >= 4 is 29.1 Å². The quantitative estimate of drug-likeness (QED) is 0.250. The van der Waals surface area contributed by atoms with Gasteiger partial charge in [-0.15, -0.1) is 11.3 Å². The van der Waals surface area contributed by atoms with Crippen LogP contribution in [0.3, 0.4) is 0 Å². The van der Waals surface area contributed by atoms with E-state index >= 15 is 0 Å². The fraction of sp³-hybridized carbons (Fsp3) is 0.444. The normalized spacial score (nSPS) is 13.0. The van der Waals surface area contributed by atoms with Crippen molar-refractivity contribution in [2.24, 2.45) is 4.99 Å². The number of ether oxygens (including phenoxy) is 3. The third-order valence-corrected chi connectivity index (χ3v) is 5.82. The van der Waals surface area contributed by atoms with Gasteiger partial charge >= 0.3 is 6.61 Å². The first-order valence-electron chi connectivity index (χ1n) is 9.07. The summed E-state index contributed by atoms with van der Waals surface area (Å²) in [7, 11) is 0. The molecule has 0 saturated heterocycles. The molecule has 11 heteroatoms. The van der Waals surface area contributed by atoms with E-state index in [0.717, 1.165) is 23.1 Å². The molecule has 0 radical (unpaired) electrons. The van der Waals surface area contributed by atoms with E-state index in [4.69, 9.17) is 9.47 Å². The SMILES string of the molecule is CCNC(=NCc1cc2c(cc1OC(F)F)OCO2)NCCCSc1nccs1. The highest BCUT2D eigenvalue weighted by Crippen LogP contribution is 2.39. The maximum Gasteiger partial charge on any atom is 0.387 e. The minimum absolute atomic E-state index is 0.0312. The Balaban J connectivity index is 1.57. The van der Waals surface area contributed by atoms with Gasteiger partial charge in [-0.05, 0) is 19.4 Å². The molecule has 1 aromatic carbocycles. The number of hydrogen-bond donors (Lipinski definition) is 2. The molecular weight excluding hydrogens is 422 g/mol. The van der Waals surface area contributed by atoms with E-state index in [-0.39, 0.29) is 19.1 Å². The van der Waals surface area contributed by atoms with Gasteiger partial charge in [-0.2, -0.15) is 8.78 Å². The molecule has 29 heavy (non-hydrogen) atoms. The van der Waals surface area contributed by atoms with Crippen molar-refractivity contribution in [1.29, 1.82) is 0 Å². The topological polar surface area (TPSA) is 77.0 Å². The van der Waals surface area contributed by atoms with Gasteiger partial charge in [0, 0.05) is 42.0 Å². The minimum atomic E-state index is -2.93. The van der Waals surface area contributed by atoms with Crippen LogP contribution in [0.1, 0.15) is 18.9 Å². The number of nitrogens with zero attached hydrogens (tertiary/aromatic N) is 2. The third kappa shape index (κ3) is 6.64. The molecule has 0 saturated carbocycles. The third-order valence-electron chi connectivity index (χ3n) is 3.77. The number of aliphatic imine (C=N–C) groups is 1. The standard InChI is InChI=1S/C18H22F2N4O3S2/c1-2-21-17(22-4-3-6-28-18-23-5-7-29-18)24-10-12-8-14-15(26-11-25-14)9-13(12)27-16(19)20/h5,7-9,16H,2-4,6,10-11H2,1H3,(H2,21,22,24). The van der Waals surface area contributed by atoms with Gasteiger partial charge in [0.1, 0.15) is 10.1 Å². The van der Waals surface area contributed by atoms with E-state index in [2.05, 4.69) is 25.3 Å². The van der Waals surface area contributed by atoms with Crippen molar-refractivity contribution in [3.8, 4) is 17.2 Å². The predicted molar refractivity (Wildman–Crippen MR) is 109 cm³/mol. The van der Waals surface area contributed by atoms with Gasteiger partial charge in [-0.25, -0.2) is 9.98 Å². The Labute approximate surface area is 175 Å². The highest BCUT2D eigenvalue weighted by Gasteiger charge is 2.20. The first-order valence-corrected chi connectivity index (χ1v) is 10.9. The summed E-state index contributed by atoms with van der Waals surface area (Å²) in [6.07, 6.45) is 2.72. The Morgan fingerprint density at radius 1 is 1.34 bits per heavy atom. The van der Waals surface area contributed by atoms with Gasteiger partial charge < -0.3 is 24.8 Å². The summed E-state index contributed by atoms with van der Waals surface area (Å²) in [5.74, 6) is 2.45. The molecule has 1 aromatic heterocycles. The number of halogens is 2. The number of aromatic nitrogens is 1. The summed E-state index contributed by atoms with van der Waals surface area (Å²) in [5.41, 5.74) is 0.492. The lowest BCUT2D eigenvalue weighted by Crippen LogP contribution is -2.37. The second-order valence-electron chi connectivity index (χ2n) is 5.81. The zero-order valence-electron chi connectivity index (χ0n) is 15.8. The van der Waals surface area contributed by atoms with Crippen LogP contribution in [0.2, 0.25) is 0 Å². The van der Waals surface area contributed by atoms with Crippen molar-refractivity contribution in [3.05, 3.63) is 29.3 Å². The number of fused-ring (bicyclic) bond motifs is 1. The average Bonchev–Trinajstić information content (AvgIpc) is 3.36. The number of hydrogen-bond acceptors (Lipinski definition) is 7. The fourth-order valence-electron chi connectivity index (χ4n) is 2.52. The Kier molecular flexibility index (Phi) is 8.17. The van der Waals surface area contributed by atoms with Crippen LogP contribution in [0.15, 0.2) is 33.0 Å². The molecule has 2 aromatic rings. The highest BCUT2D eigenvalue weighted by molar-refractivity contribution is 8.00. The molecule has 3 rings (SSSR count). The summed E-state index contributed by atoms with van der Waals surface area (Å²) < 4.78 is 41.7. The lowest BCUT2D eigenvalue weighted by Gasteiger charge is -2.13. The Morgan fingerprint density at radius 3 is 2.90 bits per heavy atom. The number of benzene rings is 1. The number of alkyl halides is 2. The average molecular weight is 445 g/mol. The van der Waals surface area contributed by atoms with Crippen molar-refractivity contribution in [2.75, 3.05) is 25.6 Å². The molecular formula is C18H22F2N4O3S2. The van der Waals surface area contributed by atoms with Gasteiger partial charge in [0.2, 0.25) is 6.79 Å². The lowest BCUT2D eigenvalue weighted by atomic mass is 10.1. The molecule has 158 valence electrons. The van der Waals surface area contributed by atoms with Crippen LogP contribution in [0.4, 0.5) is 8.78 Å². The van der Waals surface area contributed by atoms with E-state index in [9.17, 15) is 8.78 Å². The number of guanidine groups is 1. The first-order chi connectivity index (χ1) is 14.2. The molecule has 0 amide bonds. The minimum Gasteiger partial charge on any atom is -0.454 e. The molecule has 2 heterocycles. The van der Waals surface area contributed by atoms with Crippen molar-refractivity contribution in [3.63, 3.8) is 0 Å². The zero-order chi connectivity index (χ0) is 20.5. The van der Waals surface area contributed by atoms with Crippen molar-refractivity contribution in [1.82, 2.24) is 15.6 Å². The highest BCUT2D eigenvalue weighted by atomic mass is 32.2. The molecule has 0 bridgehead atoms.